The van der Waals surface area contributed by atoms with E-state index in [9.17, 15) is 5.11 Å². The van der Waals surface area contributed by atoms with Crippen molar-refractivity contribution >= 4 is 0 Å². The lowest BCUT2D eigenvalue weighted by Crippen LogP contribution is -2.80. The average molecular weight is 450 g/mol. The number of likely N-dealkylation sites (tertiary alicyclic amines) is 1. The van der Waals surface area contributed by atoms with E-state index in [0.29, 0.717) is 11.8 Å². The second kappa shape index (κ2) is 6.28. The van der Waals surface area contributed by atoms with E-state index in [-0.39, 0.29) is 53.8 Å². The Balaban J connectivity index is 1.58. The first kappa shape index (κ1) is 21.0. The molecule has 0 aromatic rings. The van der Waals surface area contributed by atoms with Crippen LogP contribution in [0.25, 0.3) is 0 Å². The lowest BCUT2D eigenvalue weighted by Gasteiger charge is -2.69. The van der Waals surface area contributed by atoms with Crippen LogP contribution in [-0.4, -0.2) is 92.9 Å². The second-order valence-corrected chi connectivity index (χ2v) is 12.1. The van der Waals surface area contributed by atoms with Crippen molar-refractivity contribution in [1.82, 2.24) is 4.90 Å². The van der Waals surface area contributed by atoms with Gasteiger partial charge < -0.3 is 28.8 Å². The minimum absolute atomic E-state index is 0.0241. The van der Waals surface area contributed by atoms with Crippen molar-refractivity contribution in [2.45, 2.75) is 81.2 Å². The van der Waals surface area contributed by atoms with Gasteiger partial charge in [-0.3, -0.25) is 4.90 Å². The van der Waals surface area contributed by atoms with Crippen LogP contribution in [0.4, 0.5) is 0 Å². The van der Waals surface area contributed by atoms with Crippen molar-refractivity contribution in [3.8, 4) is 0 Å². The number of hydrogen-bond donors (Lipinski definition) is 1. The minimum Gasteiger partial charge on any atom is -0.392 e. The van der Waals surface area contributed by atoms with Gasteiger partial charge in [0.1, 0.15) is 18.0 Å². The summed E-state index contributed by atoms with van der Waals surface area (Å²) in [5.74, 6) is 0.828. The topological polar surface area (TPSA) is 69.6 Å². The summed E-state index contributed by atoms with van der Waals surface area (Å²) in [6, 6.07) is 0.165. The van der Waals surface area contributed by atoms with Crippen LogP contribution in [0.1, 0.15) is 39.5 Å². The molecular formula is C25H39NO6. The van der Waals surface area contributed by atoms with Gasteiger partial charge in [0, 0.05) is 57.5 Å². The van der Waals surface area contributed by atoms with Gasteiger partial charge in [-0.05, 0) is 37.1 Å². The van der Waals surface area contributed by atoms with Gasteiger partial charge in [-0.25, -0.2) is 0 Å². The van der Waals surface area contributed by atoms with Gasteiger partial charge in [0.2, 0.25) is 0 Å². The SMILES string of the molecule is CCN1C[C@]2(C)CC[C@H](OC)[C@@]34[C@@H]5C[C@H]6[C@H](O)[C@@H]5[C@@]5(C[C@@H]6OC)OCO[C@@]5([C@@H](OC)[C@H]23)[C@@H]14. The molecule has 7 aliphatic rings. The number of aliphatic hydroxyl groups excluding tert-OH is 1. The quantitative estimate of drug-likeness (QED) is 0.700. The van der Waals surface area contributed by atoms with E-state index in [0.717, 1.165) is 38.8 Å². The zero-order valence-corrected chi connectivity index (χ0v) is 20.1. The van der Waals surface area contributed by atoms with Crippen LogP contribution in [0.2, 0.25) is 0 Å². The van der Waals surface area contributed by atoms with Crippen LogP contribution < -0.4 is 0 Å². The number of piperidine rings is 1. The average Bonchev–Trinajstić information content (AvgIpc) is 3.33. The van der Waals surface area contributed by atoms with Gasteiger partial charge in [0.05, 0.1) is 30.5 Å². The first-order valence-corrected chi connectivity index (χ1v) is 12.7. The van der Waals surface area contributed by atoms with Crippen molar-refractivity contribution < 1.29 is 28.8 Å². The first-order valence-electron chi connectivity index (χ1n) is 12.7. The monoisotopic (exact) mass is 449 g/mol. The summed E-state index contributed by atoms with van der Waals surface area (Å²) in [7, 11) is 5.55. The molecule has 13 atom stereocenters. The van der Waals surface area contributed by atoms with E-state index >= 15 is 0 Å². The largest absolute Gasteiger partial charge is 0.392 e. The third-order valence-corrected chi connectivity index (χ3v) is 11.8. The smallest absolute Gasteiger partial charge is 0.148 e. The number of ether oxygens (including phenoxy) is 5. The number of rotatable bonds is 4. The standard InChI is InChI=1S/C25H39NO6/c1-6-26-11-22(2)8-7-16(29-4)24-14-9-13-15(28-3)10-23(17(14)18(13)27)25(21(24)26,32-12-31-23)20(30-5)19(22)24/h13-21,27H,6-12H2,1-5H3/t13-,14-,15+,16+,17-,18+,19-,20+,21+,22+,23-,24+,25+/m1/s1. The zero-order chi connectivity index (χ0) is 22.3. The van der Waals surface area contributed by atoms with E-state index in [2.05, 4.69) is 18.7 Å². The van der Waals surface area contributed by atoms with Gasteiger partial charge in [-0.1, -0.05) is 13.8 Å². The van der Waals surface area contributed by atoms with E-state index < -0.39 is 17.3 Å². The zero-order valence-electron chi connectivity index (χ0n) is 20.1. The summed E-state index contributed by atoms with van der Waals surface area (Å²) in [6.07, 6.45) is 3.54. The highest BCUT2D eigenvalue weighted by Crippen LogP contribution is 2.82. The van der Waals surface area contributed by atoms with Crippen LogP contribution in [0, 0.1) is 34.5 Å². The van der Waals surface area contributed by atoms with E-state index in [1.165, 1.54) is 0 Å². The Labute approximate surface area is 191 Å². The molecule has 7 rings (SSSR count). The van der Waals surface area contributed by atoms with Gasteiger partial charge in [-0.15, -0.1) is 0 Å². The summed E-state index contributed by atoms with van der Waals surface area (Å²) >= 11 is 0. The van der Waals surface area contributed by atoms with Crippen LogP contribution in [0.5, 0.6) is 0 Å². The lowest BCUT2D eigenvalue weighted by molar-refractivity contribution is -0.281. The Morgan fingerprint density at radius 3 is 2.62 bits per heavy atom. The fourth-order valence-corrected chi connectivity index (χ4v) is 11.4. The number of nitrogens with zero attached hydrogens (tertiary/aromatic N) is 1. The molecule has 2 aliphatic heterocycles. The Bertz CT molecular complexity index is 826. The van der Waals surface area contributed by atoms with Crippen molar-refractivity contribution in [2.24, 2.45) is 34.5 Å². The van der Waals surface area contributed by atoms with E-state index in [4.69, 9.17) is 23.7 Å². The van der Waals surface area contributed by atoms with E-state index in [1.807, 2.05) is 14.2 Å². The van der Waals surface area contributed by atoms with Gasteiger partial charge in [0.25, 0.3) is 0 Å². The first-order chi connectivity index (χ1) is 15.4. The van der Waals surface area contributed by atoms with Crippen LogP contribution in [0.3, 0.4) is 0 Å². The van der Waals surface area contributed by atoms with Gasteiger partial charge in [-0.2, -0.15) is 0 Å². The highest BCUT2D eigenvalue weighted by Gasteiger charge is 2.93. The maximum atomic E-state index is 11.8. The molecule has 0 radical (unpaired) electrons. The van der Waals surface area contributed by atoms with Gasteiger partial charge >= 0.3 is 0 Å². The van der Waals surface area contributed by atoms with Crippen molar-refractivity contribution in [1.29, 1.82) is 0 Å². The maximum absolute atomic E-state index is 11.8. The van der Waals surface area contributed by atoms with Crippen LogP contribution in [-0.2, 0) is 23.7 Å². The molecule has 7 fully saturated rings. The molecule has 5 aliphatic carbocycles. The summed E-state index contributed by atoms with van der Waals surface area (Å²) in [4.78, 5) is 2.69. The van der Waals surface area contributed by atoms with Crippen molar-refractivity contribution in [3.05, 3.63) is 0 Å². The van der Waals surface area contributed by atoms with Crippen LogP contribution >= 0.6 is 0 Å². The molecule has 2 heterocycles. The predicted molar refractivity (Wildman–Crippen MR) is 115 cm³/mol. The lowest BCUT2D eigenvalue weighted by atomic mass is 9.43. The molecule has 2 saturated heterocycles. The Morgan fingerprint density at radius 2 is 1.94 bits per heavy atom. The predicted octanol–water partition coefficient (Wildman–Crippen LogP) is 1.66. The molecule has 1 N–H and O–H groups in total. The molecule has 7 heteroatoms. The molecular weight excluding hydrogens is 410 g/mol. The summed E-state index contributed by atoms with van der Waals surface area (Å²) < 4.78 is 32.6. The molecule has 32 heavy (non-hydrogen) atoms. The Hall–Kier alpha value is -0.280. The molecule has 0 amide bonds. The molecule has 0 aromatic carbocycles. The fourth-order valence-electron chi connectivity index (χ4n) is 11.4. The molecule has 5 saturated carbocycles. The fraction of sp³-hybridized carbons (Fsp3) is 1.00. The van der Waals surface area contributed by atoms with E-state index in [1.54, 1.807) is 7.11 Å². The molecule has 0 unspecified atom stereocenters. The molecule has 7 nitrogen and oxygen atoms in total. The Morgan fingerprint density at radius 1 is 1.12 bits per heavy atom. The Kier molecular flexibility index (Phi) is 4.13. The molecule has 0 aromatic heterocycles. The summed E-state index contributed by atoms with van der Waals surface area (Å²) in [6.45, 7) is 7.06. The van der Waals surface area contributed by atoms with Crippen molar-refractivity contribution in [3.63, 3.8) is 0 Å². The number of methoxy groups -OCH3 is 3. The number of likely N-dealkylation sites (N-methyl/N-ethyl adjacent to an activating group) is 1. The third-order valence-electron chi connectivity index (χ3n) is 11.8. The normalized spacial score (nSPS) is 64.1. The van der Waals surface area contributed by atoms with Gasteiger partial charge in [0.15, 0.2) is 0 Å². The highest BCUT2D eigenvalue weighted by molar-refractivity contribution is 5.42. The number of hydrogen-bond acceptors (Lipinski definition) is 7. The number of fused-ring (bicyclic) bond motifs is 1. The molecule has 180 valence electrons. The summed E-state index contributed by atoms with van der Waals surface area (Å²) in [5.41, 5.74) is -1.19. The second-order valence-electron chi connectivity index (χ2n) is 12.1. The number of aliphatic hydroxyl groups is 1. The van der Waals surface area contributed by atoms with Crippen molar-refractivity contribution in [2.75, 3.05) is 41.2 Å². The molecule has 7 bridgehead atoms. The molecule has 3 spiro atoms. The highest BCUT2D eigenvalue weighted by atomic mass is 16.7. The van der Waals surface area contributed by atoms with Crippen LogP contribution in [0.15, 0.2) is 0 Å². The minimum atomic E-state index is -0.616. The maximum Gasteiger partial charge on any atom is 0.148 e. The summed E-state index contributed by atoms with van der Waals surface area (Å²) in [5, 5.41) is 11.8. The third kappa shape index (κ3) is 1.80.